The molecule has 0 unspecified atom stereocenters. The first-order chi connectivity index (χ1) is 17.5. The topological polar surface area (TPSA) is 63.1 Å². The van der Waals surface area contributed by atoms with Crippen LogP contribution in [-0.4, -0.2) is 22.1 Å². The van der Waals surface area contributed by atoms with E-state index in [1.54, 1.807) is 0 Å². The van der Waals surface area contributed by atoms with Crippen molar-refractivity contribution in [2.75, 3.05) is 16.4 Å². The number of para-hydroxylation sites is 1. The predicted molar refractivity (Wildman–Crippen MR) is 150 cm³/mol. The van der Waals surface area contributed by atoms with Crippen molar-refractivity contribution in [2.24, 2.45) is 0 Å². The van der Waals surface area contributed by atoms with Crippen molar-refractivity contribution in [1.29, 1.82) is 0 Å². The van der Waals surface area contributed by atoms with Crippen molar-refractivity contribution < 1.29 is 9.59 Å². The number of anilines is 2. The minimum atomic E-state index is -0.132. The molecule has 0 radical (unpaired) electrons. The van der Waals surface area contributed by atoms with Crippen molar-refractivity contribution >= 4 is 56.8 Å². The number of thioether (sulfide) groups is 1. The van der Waals surface area contributed by atoms with Gasteiger partial charge in [-0.05, 0) is 74.0 Å². The molecule has 5 nitrogen and oxygen atoms in total. The summed E-state index contributed by atoms with van der Waals surface area (Å²) in [5.74, 6) is 0.103. The van der Waals surface area contributed by atoms with Crippen molar-refractivity contribution in [3.05, 3.63) is 102 Å². The summed E-state index contributed by atoms with van der Waals surface area (Å²) in [5, 5.41) is 8.29. The largest absolute Gasteiger partial charge is 0.341 e. The van der Waals surface area contributed by atoms with Crippen LogP contribution in [0.2, 0.25) is 0 Å². The maximum Gasteiger partial charge on any atom is 0.255 e. The minimum absolute atomic E-state index is 0.0597. The van der Waals surface area contributed by atoms with Crippen molar-refractivity contribution in [2.45, 2.75) is 25.3 Å². The van der Waals surface area contributed by atoms with Crippen LogP contribution in [0.1, 0.15) is 22.8 Å². The number of benzene rings is 4. The molecule has 0 saturated heterocycles. The van der Waals surface area contributed by atoms with E-state index < -0.39 is 0 Å². The van der Waals surface area contributed by atoms with Crippen LogP contribution in [0, 0.1) is 6.92 Å². The van der Waals surface area contributed by atoms with Gasteiger partial charge in [0.1, 0.15) is 0 Å². The van der Waals surface area contributed by atoms with E-state index in [4.69, 9.17) is 0 Å². The Morgan fingerprint density at radius 1 is 0.778 bits per heavy atom. The standard InChI is InChI=1S/C30H27N3O2S/c1-3-33-27-11-7-6-10-25(27)26-18-22(14-17-28(26)33)31-29(34)19-36-23-15-12-21(13-16-23)32-30(35)24-9-5-4-8-20(24)2/h4-18H,3,19H2,1-2H3,(H,31,34)(H,32,35). The van der Waals surface area contributed by atoms with Gasteiger partial charge in [-0.25, -0.2) is 0 Å². The number of rotatable bonds is 7. The lowest BCUT2D eigenvalue weighted by Gasteiger charge is -2.09. The fraction of sp³-hybridized carbons (Fsp3) is 0.133. The van der Waals surface area contributed by atoms with E-state index in [1.165, 1.54) is 28.2 Å². The second-order valence-corrected chi connectivity index (χ2v) is 9.67. The SMILES string of the molecule is CCn1c2ccccc2c2cc(NC(=O)CSc3ccc(NC(=O)c4ccccc4C)cc3)ccc21. The summed E-state index contributed by atoms with van der Waals surface area (Å²) < 4.78 is 2.29. The van der Waals surface area contributed by atoms with Crippen LogP contribution in [-0.2, 0) is 11.3 Å². The van der Waals surface area contributed by atoms with Gasteiger partial charge < -0.3 is 15.2 Å². The molecule has 0 aliphatic heterocycles. The molecule has 0 spiro atoms. The molecule has 0 atom stereocenters. The van der Waals surface area contributed by atoms with Gasteiger partial charge in [0.15, 0.2) is 0 Å². The third kappa shape index (κ3) is 4.86. The van der Waals surface area contributed by atoms with E-state index in [2.05, 4.69) is 52.5 Å². The molecule has 180 valence electrons. The van der Waals surface area contributed by atoms with Crippen LogP contribution >= 0.6 is 11.8 Å². The van der Waals surface area contributed by atoms with E-state index in [0.29, 0.717) is 11.3 Å². The predicted octanol–water partition coefficient (Wildman–Crippen LogP) is 7.11. The lowest BCUT2D eigenvalue weighted by Crippen LogP contribution is -2.14. The summed E-state index contributed by atoms with van der Waals surface area (Å²) >= 11 is 1.46. The number of aryl methyl sites for hydroxylation is 2. The number of hydrogen-bond donors (Lipinski definition) is 2. The van der Waals surface area contributed by atoms with Crippen molar-refractivity contribution in [3.63, 3.8) is 0 Å². The Labute approximate surface area is 214 Å². The Hall–Kier alpha value is -4.03. The second-order valence-electron chi connectivity index (χ2n) is 8.62. The Morgan fingerprint density at radius 2 is 1.47 bits per heavy atom. The molecule has 0 aliphatic rings. The first kappa shape index (κ1) is 23.7. The molecular weight excluding hydrogens is 466 g/mol. The fourth-order valence-corrected chi connectivity index (χ4v) is 5.18. The van der Waals surface area contributed by atoms with Crippen LogP contribution in [0.3, 0.4) is 0 Å². The highest BCUT2D eigenvalue weighted by Crippen LogP contribution is 2.31. The van der Waals surface area contributed by atoms with E-state index >= 15 is 0 Å². The van der Waals surface area contributed by atoms with Crippen LogP contribution in [0.15, 0.2) is 95.9 Å². The quantitative estimate of drug-likeness (QED) is 0.238. The maximum absolute atomic E-state index is 12.7. The van der Waals surface area contributed by atoms with Gasteiger partial charge in [-0.1, -0.05) is 36.4 Å². The molecule has 1 heterocycles. The smallest absolute Gasteiger partial charge is 0.255 e. The highest BCUT2D eigenvalue weighted by atomic mass is 32.2. The van der Waals surface area contributed by atoms with E-state index in [9.17, 15) is 9.59 Å². The van der Waals surface area contributed by atoms with Gasteiger partial charge in [-0.15, -0.1) is 11.8 Å². The second kappa shape index (κ2) is 10.3. The maximum atomic E-state index is 12.7. The van der Waals surface area contributed by atoms with Gasteiger partial charge in [-0.2, -0.15) is 0 Å². The summed E-state index contributed by atoms with van der Waals surface area (Å²) in [6.07, 6.45) is 0. The van der Waals surface area contributed by atoms with E-state index in [-0.39, 0.29) is 11.8 Å². The van der Waals surface area contributed by atoms with Gasteiger partial charge in [0.2, 0.25) is 5.91 Å². The first-order valence-corrected chi connectivity index (χ1v) is 12.9. The summed E-state index contributed by atoms with van der Waals surface area (Å²) in [6, 6.07) is 29.5. The highest BCUT2D eigenvalue weighted by Gasteiger charge is 2.12. The van der Waals surface area contributed by atoms with Crippen LogP contribution in [0.25, 0.3) is 21.8 Å². The average molecular weight is 494 g/mol. The number of carbonyl (C=O) groups is 2. The number of fused-ring (bicyclic) bond motifs is 3. The molecule has 6 heteroatoms. The number of nitrogens with one attached hydrogen (secondary N) is 2. The monoisotopic (exact) mass is 493 g/mol. The molecule has 4 aromatic carbocycles. The molecule has 1 aromatic heterocycles. The van der Waals surface area contributed by atoms with Gasteiger partial charge >= 0.3 is 0 Å². The van der Waals surface area contributed by atoms with Crippen LogP contribution < -0.4 is 10.6 Å². The van der Waals surface area contributed by atoms with E-state index in [0.717, 1.165) is 33.8 Å². The zero-order chi connectivity index (χ0) is 25.1. The van der Waals surface area contributed by atoms with Crippen LogP contribution in [0.5, 0.6) is 0 Å². The summed E-state index contributed by atoms with van der Waals surface area (Å²) in [6.45, 7) is 4.95. The Balaban J connectivity index is 1.21. The molecule has 36 heavy (non-hydrogen) atoms. The Bertz CT molecular complexity index is 1570. The lowest BCUT2D eigenvalue weighted by atomic mass is 10.1. The number of carbonyl (C=O) groups excluding carboxylic acids is 2. The van der Waals surface area contributed by atoms with Gasteiger partial charge in [0.05, 0.1) is 5.75 Å². The Morgan fingerprint density at radius 3 is 2.25 bits per heavy atom. The van der Waals surface area contributed by atoms with Gasteiger partial charge in [0, 0.05) is 50.2 Å². The zero-order valence-electron chi connectivity index (χ0n) is 20.2. The summed E-state index contributed by atoms with van der Waals surface area (Å²) in [5.41, 5.74) is 5.47. The molecular formula is C30H27N3O2S. The summed E-state index contributed by atoms with van der Waals surface area (Å²) in [4.78, 5) is 26.1. The normalized spacial score (nSPS) is 11.1. The number of amides is 2. The van der Waals surface area contributed by atoms with Crippen molar-refractivity contribution in [1.82, 2.24) is 4.57 Å². The minimum Gasteiger partial charge on any atom is -0.341 e. The molecule has 5 rings (SSSR count). The fourth-order valence-electron chi connectivity index (χ4n) is 4.48. The van der Waals surface area contributed by atoms with Crippen molar-refractivity contribution in [3.8, 4) is 0 Å². The molecule has 0 fully saturated rings. The molecule has 0 saturated carbocycles. The molecule has 0 bridgehead atoms. The highest BCUT2D eigenvalue weighted by molar-refractivity contribution is 8.00. The number of hydrogen-bond acceptors (Lipinski definition) is 3. The number of nitrogens with zero attached hydrogens (tertiary/aromatic N) is 1. The molecule has 2 amide bonds. The number of aromatic nitrogens is 1. The van der Waals surface area contributed by atoms with Gasteiger partial charge in [0.25, 0.3) is 5.91 Å². The lowest BCUT2D eigenvalue weighted by molar-refractivity contribution is -0.113. The average Bonchev–Trinajstić information content (AvgIpc) is 3.21. The molecule has 0 aliphatic carbocycles. The zero-order valence-corrected chi connectivity index (χ0v) is 21.1. The third-order valence-corrected chi connectivity index (χ3v) is 7.26. The molecule has 2 N–H and O–H groups in total. The van der Waals surface area contributed by atoms with E-state index in [1.807, 2.05) is 67.6 Å². The summed E-state index contributed by atoms with van der Waals surface area (Å²) in [7, 11) is 0. The first-order valence-electron chi connectivity index (χ1n) is 11.9. The van der Waals surface area contributed by atoms with Crippen LogP contribution in [0.4, 0.5) is 11.4 Å². The molecule has 5 aromatic rings. The third-order valence-electron chi connectivity index (χ3n) is 6.24. The van der Waals surface area contributed by atoms with Gasteiger partial charge in [-0.3, -0.25) is 9.59 Å². The Kier molecular flexibility index (Phi) is 6.78.